The molecule has 48 heavy (non-hydrogen) atoms. The summed E-state index contributed by atoms with van der Waals surface area (Å²) < 4.78 is 29.7. The molecule has 5 N–H and O–H groups in total. The van der Waals surface area contributed by atoms with Gasteiger partial charge >= 0.3 is 12.0 Å². The first kappa shape index (κ1) is 42.5. The molecule has 0 bridgehead atoms. The van der Waals surface area contributed by atoms with E-state index in [1.54, 1.807) is 45.0 Å². The predicted octanol–water partition coefficient (Wildman–Crippen LogP) is 4.90. The first-order valence-corrected chi connectivity index (χ1v) is 18.8. The number of unbranched alkanes of at least 4 members (excludes halogenated alkanes) is 2. The number of sulfone groups is 1. The van der Waals surface area contributed by atoms with Crippen molar-refractivity contribution in [1.29, 1.82) is 0 Å². The van der Waals surface area contributed by atoms with Gasteiger partial charge in [0.15, 0.2) is 5.78 Å². The quantitative estimate of drug-likeness (QED) is 0.0973. The molecule has 0 aliphatic carbocycles. The molecule has 12 nitrogen and oxygen atoms in total. The number of benzene rings is 1. The monoisotopic (exact) mass is 694 g/mol. The summed E-state index contributed by atoms with van der Waals surface area (Å²) in [6.45, 7) is 13.2. The second-order valence-electron chi connectivity index (χ2n) is 14.2. The van der Waals surface area contributed by atoms with Gasteiger partial charge in [-0.25, -0.2) is 13.2 Å². The number of esters is 1. The lowest BCUT2D eigenvalue weighted by Gasteiger charge is -2.24. The largest absolute Gasteiger partial charge is 0.460 e. The molecule has 13 heteroatoms. The summed E-state index contributed by atoms with van der Waals surface area (Å²) in [7, 11) is -3.10. The van der Waals surface area contributed by atoms with E-state index >= 15 is 0 Å². The Labute approximate surface area is 287 Å². The van der Waals surface area contributed by atoms with Crippen LogP contribution in [0.25, 0.3) is 0 Å². The fraction of sp³-hybridized carbons (Fsp3) is 0.686. The molecule has 0 saturated carbocycles. The van der Waals surface area contributed by atoms with Crippen molar-refractivity contribution in [3.05, 3.63) is 29.8 Å². The number of rotatable bonds is 22. The lowest BCUT2D eigenvalue weighted by atomic mass is 9.89. The van der Waals surface area contributed by atoms with Gasteiger partial charge in [-0.1, -0.05) is 46.2 Å². The minimum absolute atomic E-state index is 0.0942. The second kappa shape index (κ2) is 20.8. The maximum Gasteiger partial charge on any atom is 0.312 e. The zero-order chi connectivity index (χ0) is 36.5. The van der Waals surface area contributed by atoms with Gasteiger partial charge in [0.2, 0.25) is 11.8 Å². The molecule has 0 heterocycles. The summed E-state index contributed by atoms with van der Waals surface area (Å²) in [5.41, 5.74) is 5.78. The van der Waals surface area contributed by atoms with E-state index in [1.807, 2.05) is 27.7 Å². The molecule has 4 amide bonds. The molecule has 0 radical (unpaired) electrons. The number of carbonyl (C=O) groups excluding carboxylic acids is 5. The summed E-state index contributed by atoms with van der Waals surface area (Å²) >= 11 is 0. The highest BCUT2D eigenvalue weighted by Crippen LogP contribution is 2.21. The van der Waals surface area contributed by atoms with E-state index in [0.717, 1.165) is 5.56 Å². The average Bonchev–Trinajstić information content (AvgIpc) is 2.98. The molecule has 0 fully saturated rings. The summed E-state index contributed by atoms with van der Waals surface area (Å²) in [6.07, 6.45) is 2.93. The fourth-order valence-corrected chi connectivity index (χ4v) is 6.39. The Hall–Kier alpha value is -3.48. The SMILES string of the molecule is CC(C)CCS(=O)(=O)CCCCCC(=O)N[C@H](C(=O)C[C@@H](CCCNC(N)=O)C(=O)Nc1ccc(COC(=O)C(C)(C)C)cc1)C(C)C. The van der Waals surface area contributed by atoms with Crippen LogP contribution >= 0.6 is 0 Å². The van der Waals surface area contributed by atoms with Gasteiger partial charge in [-0.2, -0.15) is 0 Å². The van der Waals surface area contributed by atoms with E-state index in [0.29, 0.717) is 43.7 Å². The van der Waals surface area contributed by atoms with Gasteiger partial charge in [0.25, 0.3) is 0 Å². The van der Waals surface area contributed by atoms with Crippen molar-refractivity contribution in [2.75, 3.05) is 23.4 Å². The molecule has 1 rings (SSSR count). The lowest BCUT2D eigenvalue weighted by Crippen LogP contribution is -2.45. The number of urea groups is 1. The van der Waals surface area contributed by atoms with Crippen molar-refractivity contribution in [3.8, 4) is 0 Å². The van der Waals surface area contributed by atoms with E-state index in [9.17, 15) is 32.4 Å². The van der Waals surface area contributed by atoms with Crippen LogP contribution in [-0.2, 0) is 40.4 Å². The van der Waals surface area contributed by atoms with E-state index in [2.05, 4.69) is 16.0 Å². The zero-order valence-corrected chi connectivity index (χ0v) is 30.7. The van der Waals surface area contributed by atoms with E-state index < -0.39 is 33.2 Å². The minimum Gasteiger partial charge on any atom is -0.460 e. The number of hydrogen-bond donors (Lipinski definition) is 4. The number of anilines is 1. The van der Waals surface area contributed by atoms with Crippen molar-refractivity contribution in [3.63, 3.8) is 0 Å². The molecular formula is C35H58N4O8S. The third-order valence-corrected chi connectivity index (χ3v) is 9.51. The minimum atomic E-state index is -3.10. The first-order chi connectivity index (χ1) is 22.3. The highest BCUT2D eigenvalue weighted by molar-refractivity contribution is 7.91. The maximum absolute atomic E-state index is 13.5. The molecule has 0 aliphatic rings. The Morgan fingerprint density at radius 2 is 1.52 bits per heavy atom. The molecule has 1 aromatic rings. The Kier molecular flexibility index (Phi) is 18.4. The molecule has 2 atom stereocenters. The maximum atomic E-state index is 13.5. The topological polar surface area (TPSA) is 191 Å². The lowest BCUT2D eigenvalue weighted by molar-refractivity contribution is -0.154. The number of nitrogens with two attached hydrogens (primary N) is 1. The van der Waals surface area contributed by atoms with E-state index in [1.165, 1.54) is 0 Å². The summed E-state index contributed by atoms with van der Waals surface area (Å²) in [5.74, 6) is -1.67. The van der Waals surface area contributed by atoms with Crippen LogP contribution in [0.1, 0.15) is 105 Å². The van der Waals surface area contributed by atoms with Crippen LogP contribution in [0.2, 0.25) is 0 Å². The van der Waals surface area contributed by atoms with Crippen LogP contribution in [0, 0.1) is 23.2 Å². The second-order valence-corrected chi connectivity index (χ2v) is 16.6. The average molecular weight is 695 g/mol. The number of amides is 4. The number of ketones is 1. The van der Waals surface area contributed by atoms with Crippen LogP contribution in [0.3, 0.4) is 0 Å². The first-order valence-electron chi connectivity index (χ1n) is 16.9. The Morgan fingerprint density at radius 3 is 2.08 bits per heavy atom. The molecular weight excluding hydrogens is 636 g/mol. The molecule has 0 aliphatic heterocycles. The Morgan fingerprint density at radius 1 is 0.875 bits per heavy atom. The molecule has 0 spiro atoms. The third kappa shape index (κ3) is 18.2. The van der Waals surface area contributed by atoms with Gasteiger partial charge in [-0.3, -0.25) is 19.2 Å². The van der Waals surface area contributed by atoms with Gasteiger partial charge < -0.3 is 26.4 Å². The summed E-state index contributed by atoms with van der Waals surface area (Å²) in [4.78, 5) is 62.8. The van der Waals surface area contributed by atoms with Gasteiger partial charge in [-0.15, -0.1) is 0 Å². The molecule has 1 aromatic carbocycles. The van der Waals surface area contributed by atoms with Crippen molar-refractivity contribution in [1.82, 2.24) is 10.6 Å². The Bertz CT molecular complexity index is 1300. The van der Waals surface area contributed by atoms with Crippen LogP contribution in [-0.4, -0.2) is 62.1 Å². The van der Waals surface area contributed by atoms with Gasteiger partial charge in [-0.05, 0) is 82.4 Å². The van der Waals surface area contributed by atoms with E-state index in [4.69, 9.17) is 10.5 Å². The number of ether oxygens (including phenoxy) is 1. The predicted molar refractivity (Wildman–Crippen MR) is 188 cm³/mol. The fourth-order valence-electron chi connectivity index (χ4n) is 4.72. The van der Waals surface area contributed by atoms with Gasteiger partial charge in [0, 0.05) is 31.0 Å². The number of Topliss-reactive ketones (excluding diaryl/α,β-unsaturated/α-hetero) is 1. The van der Waals surface area contributed by atoms with Crippen LogP contribution in [0.5, 0.6) is 0 Å². The van der Waals surface area contributed by atoms with Crippen molar-refractivity contribution >= 4 is 45.1 Å². The number of carbonyl (C=O) groups is 5. The van der Waals surface area contributed by atoms with Crippen molar-refractivity contribution < 1.29 is 37.1 Å². The molecule has 0 aromatic heterocycles. The summed E-state index contributed by atoms with van der Waals surface area (Å²) in [5, 5.41) is 8.15. The molecule has 0 saturated heterocycles. The van der Waals surface area contributed by atoms with Crippen LogP contribution < -0.4 is 21.7 Å². The standard InChI is InChI=1S/C35H58N4O8S/c1-24(2)18-21-48(45,46)20-10-8-9-13-30(41)39-31(25(3)4)29(40)22-27(12-11-19-37-34(36)44)32(42)38-28-16-14-26(15-17-28)23-47-33(43)35(5,6)7/h14-17,24-25,27,31H,8-13,18-23H2,1-7H3,(H,38,42)(H,39,41)(H3,36,37,44)/t27-,31+/m1/s1. The molecule has 0 unspecified atom stereocenters. The van der Waals surface area contributed by atoms with Crippen molar-refractivity contribution in [2.24, 2.45) is 28.9 Å². The third-order valence-electron chi connectivity index (χ3n) is 7.75. The number of primary amides is 1. The number of hydrogen-bond acceptors (Lipinski definition) is 8. The van der Waals surface area contributed by atoms with Gasteiger partial charge in [0.1, 0.15) is 16.4 Å². The van der Waals surface area contributed by atoms with Gasteiger partial charge in [0.05, 0.1) is 23.0 Å². The normalized spacial score (nSPS) is 13.1. The van der Waals surface area contributed by atoms with E-state index in [-0.39, 0.29) is 73.4 Å². The Balaban J connectivity index is 2.80. The summed E-state index contributed by atoms with van der Waals surface area (Å²) in [6, 6.07) is 5.35. The molecule has 272 valence electrons. The van der Waals surface area contributed by atoms with Crippen molar-refractivity contribution in [2.45, 2.75) is 112 Å². The van der Waals surface area contributed by atoms with Crippen LogP contribution in [0.15, 0.2) is 24.3 Å². The highest BCUT2D eigenvalue weighted by atomic mass is 32.2. The van der Waals surface area contributed by atoms with Crippen LogP contribution in [0.4, 0.5) is 10.5 Å². The highest BCUT2D eigenvalue weighted by Gasteiger charge is 2.29. The number of nitrogens with one attached hydrogen (secondary N) is 3. The zero-order valence-electron chi connectivity index (χ0n) is 29.9. The smallest absolute Gasteiger partial charge is 0.312 e.